The molecule has 1 unspecified atom stereocenters. The number of hydrogen-bond acceptors (Lipinski definition) is 2. The van der Waals surface area contributed by atoms with E-state index in [4.69, 9.17) is 0 Å². The second-order valence-electron chi connectivity index (χ2n) is 6.91. The van der Waals surface area contributed by atoms with E-state index in [1.807, 2.05) is 24.3 Å². The molecule has 0 aliphatic carbocycles. The van der Waals surface area contributed by atoms with E-state index < -0.39 is 0 Å². The van der Waals surface area contributed by atoms with Gasteiger partial charge in [-0.2, -0.15) is 0 Å². The molecule has 0 saturated carbocycles. The van der Waals surface area contributed by atoms with Crippen molar-refractivity contribution in [3.8, 4) is 11.8 Å². The van der Waals surface area contributed by atoms with Gasteiger partial charge in [-0.1, -0.05) is 38.8 Å². The predicted molar refractivity (Wildman–Crippen MR) is 91.0 cm³/mol. The van der Waals surface area contributed by atoms with Gasteiger partial charge in [0.2, 0.25) is 0 Å². The minimum Gasteiger partial charge on any atom is -0.347 e. The third-order valence-electron chi connectivity index (χ3n) is 4.06. The molecule has 1 saturated heterocycles. The second-order valence-corrected chi connectivity index (χ2v) is 6.91. The molecule has 1 aliphatic heterocycles. The smallest absolute Gasteiger partial charge is 0.298 e. The number of nitrogens with one attached hydrogen (secondary N) is 1. The van der Waals surface area contributed by atoms with Gasteiger partial charge in [0, 0.05) is 24.7 Å². The summed E-state index contributed by atoms with van der Waals surface area (Å²) in [4.78, 5) is 25.7. The summed E-state index contributed by atoms with van der Waals surface area (Å²) in [5.74, 6) is 4.89. The van der Waals surface area contributed by atoms with Crippen LogP contribution in [0.25, 0.3) is 0 Å². The van der Waals surface area contributed by atoms with Gasteiger partial charge in [0.05, 0.1) is 0 Å². The summed E-state index contributed by atoms with van der Waals surface area (Å²) in [5.41, 5.74) is 1.92. The van der Waals surface area contributed by atoms with Crippen molar-refractivity contribution >= 4 is 11.8 Å². The van der Waals surface area contributed by atoms with Crippen molar-refractivity contribution in [3.63, 3.8) is 0 Å². The van der Waals surface area contributed by atoms with Crippen molar-refractivity contribution in [3.05, 3.63) is 35.4 Å². The van der Waals surface area contributed by atoms with Crippen LogP contribution in [0.1, 0.15) is 50.0 Å². The summed E-state index contributed by atoms with van der Waals surface area (Å²) in [6.07, 6.45) is 0.767. The molecule has 1 N–H and O–H groups in total. The molecule has 4 nitrogen and oxygen atoms in total. The second kappa shape index (κ2) is 6.87. The van der Waals surface area contributed by atoms with Crippen LogP contribution in [-0.2, 0) is 10.2 Å². The SMILES string of the molecule is CC#CC(=O)N1CCC(NC(=O)c2ccc(C(C)(C)C)cc2)C1. The van der Waals surface area contributed by atoms with E-state index in [2.05, 4.69) is 37.9 Å². The highest BCUT2D eigenvalue weighted by Gasteiger charge is 2.26. The first kappa shape index (κ1) is 17.1. The summed E-state index contributed by atoms with van der Waals surface area (Å²) in [7, 11) is 0. The molecule has 0 aromatic heterocycles. The van der Waals surface area contributed by atoms with Crippen LogP contribution < -0.4 is 5.32 Å². The number of carbonyl (C=O) groups is 2. The summed E-state index contributed by atoms with van der Waals surface area (Å²) >= 11 is 0. The summed E-state index contributed by atoms with van der Waals surface area (Å²) in [6.45, 7) is 9.25. The van der Waals surface area contributed by atoms with E-state index in [0.717, 1.165) is 6.42 Å². The van der Waals surface area contributed by atoms with Crippen LogP contribution in [-0.4, -0.2) is 35.8 Å². The van der Waals surface area contributed by atoms with E-state index in [9.17, 15) is 9.59 Å². The first-order chi connectivity index (χ1) is 10.8. The Morgan fingerprint density at radius 2 is 1.87 bits per heavy atom. The van der Waals surface area contributed by atoms with Crippen molar-refractivity contribution in [1.29, 1.82) is 0 Å². The molecule has 2 amide bonds. The van der Waals surface area contributed by atoms with Gasteiger partial charge in [0.15, 0.2) is 0 Å². The topological polar surface area (TPSA) is 49.4 Å². The fourth-order valence-corrected chi connectivity index (χ4v) is 2.64. The molecule has 1 aliphatic rings. The summed E-state index contributed by atoms with van der Waals surface area (Å²) in [6, 6.07) is 7.70. The minimum absolute atomic E-state index is 0.00704. The van der Waals surface area contributed by atoms with Crippen LogP contribution in [0.15, 0.2) is 24.3 Å². The molecule has 122 valence electrons. The zero-order valence-corrected chi connectivity index (χ0v) is 14.3. The first-order valence-corrected chi connectivity index (χ1v) is 7.94. The lowest BCUT2D eigenvalue weighted by Crippen LogP contribution is -2.38. The predicted octanol–water partition coefficient (Wildman–Crippen LogP) is 2.34. The number of rotatable bonds is 2. The van der Waals surface area contributed by atoms with Gasteiger partial charge in [-0.15, -0.1) is 0 Å². The molecule has 1 aromatic carbocycles. The molecule has 0 bridgehead atoms. The Morgan fingerprint density at radius 3 is 2.43 bits per heavy atom. The highest BCUT2D eigenvalue weighted by molar-refractivity contribution is 5.95. The van der Waals surface area contributed by atoms with Gasteiger partial charge < -0.3 is 10.2 Å². The first-order valence-electron chi connectivity index (χ1n) is 7.94. The zero-order valence-electron chi connectivity index (χ0n) is 14.3. The monoisotopic (exact) mass is 312 g/mol. The Bertz CT molecular complexity index is 645. The average Bonchev–Trinajstić information content (AvgIpc) is 2.95. The number of carbonyl (C=O) groups excluding carboxylic acids is 2. The lowest BCUT2D eigenvalue weighted by atomic mass is 9.86. The maximum absolute atomic E-state index is 12.3. The van der Waals surface area contributed by atoms with E-state index in [1.165, 1.54) is 5.56 Å². The molecule has 1 fully saturated rings. The van der Waals surface area contributed by atoms with E-state index >= 15 is 0 Å². The molecule has 4 heteroatoms. The molecule has 23 heavy (non-hydrogen) atoms. The average molecular weight is 312 g/mol. The number of benzene rings is 1. The van der Waals surface area contributed by atoms with Gasteiger partial charge >= 0.3 is 0 Å². The third-order valence-corrected chi connectivity index (χ3v) is 4.06. The molecule has 0 spiro atoms. The highest BCUT2D eigenvalue weighted by Crippen LogP contribution is 2.22. The molecule has 1 heterocycles. The van der Waals surface area contributed by atoms with Gasteiger partial charge in [0.1, 0.15) is 0 Å². The number of hydrogen-bond donors (Lipinski definition) is 1. The third kappa shape index (κ3) is 4.35. The van der Waals surface area contributed by atoms with Gasteiger partial charge in [-0.3, -0.25) is 9.59 Å². The fraction of sp³-hybridized carbons (Fsp3) is 0.474. The Morgan fingerprint density at radius 1 is 1.22 bits per heavy atom. The maximum atomic E-state index is 12.3. The fourth-order valence-electron chi connectivity index (χ4n) is 2.64. The van der Waals surface area contributed by atoms with Gasteiger partial charge in [0.25, 0.3) is 11.8 Å². The quantitative estimate of drug-likeness (QED) is 0.852. The van der Waals surface area contributed by atoms with Crippen molar-refractivity contribution in [1.82, 2.24) is 10.2 Å². The van der Waals surface area contributed by atoms with Crippen molar-refractivity contribution in [2.45, 2.75) is 45.6 Å². The standard InChI is InChI=1S/C19H24N2O2/c1-5-6-17(22)21-12-11-16(13-21)20-18(23)14-7-9-15(10-8-14)19(2,3)4/h7-10,16H,11-13H2,1-4H3,(H,20,23). The minimum atomic E-state index is -0.168. The number of amides is 2. The van der Waals surface area contributed by atoms with Gasteiger partial charge in [-0.25, -0.2) is 0 Å². The molecule has 2 rings (SSSR count). The van der Waals surface area contributed by atoms with Crippen LogP contribution in [0.4, 0.5) is 0 Å². The van der Waals surface area contributed by atoms with Crippen LogP contribution in [0.5, 0.6) is 0 Å². The molecular weight excluding hydrogens is 288 g/mol. The van der Waals surface area contributed by atoms with E-state index in [0.29, 0.717) is 18.7 Å². The Balaban J connectivity index is 1.95. The Kier molecular flexibility index (Phi) is 5.10. The van der Waals surface area contributed by atoms with Crippen LogP contribution in [0.2, 0.25) is 0 Å². The zero-order chi connectivity index (χ0) is 17.0. The molecule has 1 atom stereocenters. The van der Waals surface area contributed by atoms with Gasteiger partial charge in [-0.05, 0) is 42.4 Å². The molecular formula is C19H24N2O2. The lowest BCUT2D eigenvalue weighted by molar-refractivity contribution is -0.124. The Labute approximate surface area is 138 Å². The number of likely N-dealkylation sites (tertiary alicyclic amines) is 1. The maximum Gasteiger partial charge on any atom is 0.298 e. The Hall–Kier alpha value is -2.28. The number of nitrogens with zero attached hydrogens (tertiary/aromatic N) is 1. The molecule has 0 radical (unpaired) electrons. The van der Waals surface area contributed by atoms with E-state index in [1.54, 1.807) is 11.8 Å². The molecule has 1 aromatic rings. The van der Waals surface area contributed by atoms with Crippen LogP contribution >= 0.6 is 0 Å². The van der Waals surface area contributed by atoms with Crippen LogP contribution in [0, 0.1) is 11.8 Å². The summed E-state index contributed by atoms with van der Waals surface area (Å²) in [5, 5.41) is 3.00. The lowest BCUT2D eigenvalue weighted by Gasteiger charge is -2.19. The van der Waals surface area contributed by atoms with Crippen LogP contribution in [0.3, 0.4) is 0 Å². The summed E-state index contributed by atoms with van der Waals surface area (Å²) < 4.78 is 0. The van der Waals surface area contributed by atoms with Crippen molar-refractivity contribution in [2.24, 2.45) is 0 Å². The highest BCUT2D eigenvalue weighted by atomic mass is 16.2. The van der Waals surface area contributed by atoms with E-state index in [-0.39, 0.29) is 23.3 Å². The van der Waals surface area contributed by atoms with Crippen molar-refractivity contribution in [2.75, 3.05) is 13.1 Å². The normalized spacial score (nSPS) is 17.4. The van der Waals surface area contributed by atoms with Crippen molar-refractivity contribution < 1.29 is 9.59 Å². The largest absolute Gasteiger partial charge is 0.347 e.